The van der Waals surface area contributed by atoms with Gasteiger partial charge in [0.05, 0.1) is 0 Å². The number of aromatic nitrogens is 1. The third kappa shape index (κ3) is 4.51. The fraction of sp³-hybridized carbons (Fsp3) is 0.346. The Bertz CT molecular complexity index is 936. The van der Waals surface area contributed by atoms with Gasteiger partial charge in [0.2, 0.25) is 0 Å². The van der Waals surface area contributed by atoms with E-state index in [-0.39, 0.29) is 0 Å². The SMILES string of the molecule is Cc1cc(-c2cncc(CN(c3ccccc3)C3CCNCC3)c2)cc(C)c1C. The number of hydrogen-bond donors (Lipinski definition) is 1. The fourth-order valence-corrected chi connectivity index (χ4v) is 4.30. The highest BCUT2D eigenvalue weighted by atomic mass is 15.2. The van der Waals surface area contributed by atoms with Gasteiger partial charge in [-0.15, -0.1) is 0 Å². The average Bonchev–Trinajstić information content (AvgIpc) is 2.77. The molecule has 1 aromatic heterocycles. The topological polar surface area (TPSA) is 28.2 Å². The van der Waals surface area contributed by atoms with Crippen molar-refractivity contribution in [3.05, 3.63) is 83.2 Å². The molecule has 1 aliphatic rings. The molecule has 3 heteroatoms. The van der Waals surface area contributed by atoms with E-state index in [2.05, 4.69) is 84.5 Å². The van der Waals surface area contributed by atoms with Crippen LogP contribution in [-0.4, -0.2) is 24.1 Å². The van der Waals surface area contributed by atoms with Crippen LogP contribution in [0.2, 0.25) is 0 Å². The van der Waals surface area contributed by atoms with Crippen molar-refractivity contribution in [2.75, 3.05) is 18.0 Å². The summed E-state index contributed by atoms with van der Waals surface area (Å²) in [6.45, 7) is 9.65. The van der Waals surface area contributed by atoms with Crippen LogP contribution in [0.1, 0.15) is 35.1 Å². The Balaban J connectivity index is 1.64. The van der Waals surface area contributed by atoms with Crippen molar-refractivity contribution in [2.45, 2.75) is 46.2 Å². The standard InChI is InChI=1S/C26H31N3/c1-19-13-23(14-20(2)21(19)3)24-15-22(16-28-17-24)18-29(25-7-5-4-6-8-25)26-9-11-27-12-10-26/h4-8,13-17,26-27H,9-12,18H2,1-3H3. The number of aryl methyl sites for hydroxylation is 2. The fourth-order valence-electron chi connectivity index (χ4n) is 4.30. The summed E-state index contributed by atoms with van der Waals surface area (Å²) in [5.74, 6) is 0. The lowest BCUT2D eigenvalue weighted by Crippen LogP contribution is -2.43. The van der Waals surface area contributed by atoms with Gasteiger partial charge in [-0.3, -0.25) is 4.98 Å². The van der Waals surface area contributed by atoms with E-state index in [1.165, 1.54) is 51.9 Å². The molecule has 150 valence electrons. The van der Waals surface area contributed by atoms with Crippen LogP contribution in [0, 0.1) is 20.8 Å². The molecule has 0 atom stereocenters. The van der Waals surface area contributed by atoms with E-state index in [4.69, 9.17) is 0 Å². The van der Waals surface area contributed by atoms with Crippen LogP contribution in [0.25, 0.3) is 11.1 Å². The van der Waals surface area contributed by atoms with E-state index in [0.29, 0.717) is 6.04 Å². The van der Waals surface area contributed by atoms with Crippen LogP contribution in [-0.2, 0) is 6.54 Å². The number of pyridine rings is 1. The Labute approximate surface area is 174 Å². The summed E-state index contributed by atoms with van der Waals surface area (Å²) >= 11 is 0. The molecule has 4 rings (SSSR count). The quantitative estimate of drug-likeness (QED) is 0.634. The van der Waals surface area contributed by atoms with Crippen LogP contribution in [0.4, 0.5) is 5.69 Å². The van der Waals surface area contributed by atoms with Crippen LogP contribution in [0.5, 0.6) is 0 Å². The smallest absolute Gasteiger partial charge is 0.0448 e. The first-order chi connectivity index (χ1) is 14.1. The van der Waals surface area contributed by atoms with Crippen LogP contribution in [0.15, 0.2) is 60.9 Å². The molecule has 0 radical (unpaired) electrons. The van der Waals surface area contributed by atoms with E-state index in [1.54, 1.807) is 0 Å². The lowest BCUT2D eigenvalue weighted by atomic mass is 9.96. The molecule has 1 saturated heterocycles. The first kappa shape index (κ1) is 19.7. The number of nitrogens with zero attached hydrogens (tertiary/aromatic N) is 2. The zero-order valence-corrected chi connectivity index (χ0v) is 17.8. The molecule has 0 spiro atoms. The molecule has 3 nitrogen and oxygen atoms in total. The maximum atomic E-state index is 4.60. The monoisotopic (exact) mass is 385 g/mol. The van der Waals surface area contributed by atoms with Crippen molar-refractivity contribution in [3.63, 3.8) is 0 Å². The minimum Gasteiger partial charge on any atom is -0.364 e. The maximum Gasteiger partial charge on any atom is 0.0448 e. The van der Waals surface area contributed by atoms with Crippen molar-refractivity contribution < 1.29 is 0 Å². The van der Waals surface area contributed by atoms with Gasteiger partial charge in [-0.05, 0) is 92.7 Å². The number of nitrogens with one attached hydrogen (secondary N) is 1. The van der Waals surface area contributed by atoms with Gasteiger partial charge in [-0.2, -0.15) is 0 Å². The van der Waals surface area contributed by atoms with E-state index in [1.807, 2.05) is 12.4 Å². The van der Waals surface area contributed by atoms with Gasteiger partial charge in [0.15, 0.2) is 0 Å². The van der Waals surface area contributed by atoms with Gasteiger partial charge in [-0.1, -0.05) is 30.3 Å². The van der Waals surface area contributed by atoms with Gasteiger partial charge in [0.1, 0.15) is 0 Å². The summed E-state index contributed by atoms with van der Waals surface area (Å²) in [7, 11) is 0. The van der Waals surface area contributed by atoms with E-state index in [0.717, 1.165) is 19.6 Å². The second kappa shape index (κ2) is 8.79. The molecule has 0 unspecified atom stereocenters. The molecule has 0 saturated carbocycles. The molecule has 1 N–H and O–H groups in total. The molecular weight excluding hydrogens is 354 g/mol. The highest BCUT2D eigenvalue weighted by Gasteiger charge is 2.21. The van der Waals surface area contributed by atoms with Crippen LogP contribution < -0.4 is 10.2 Å². The molecule has 0 aliphatic carbocycles. The number of rotatable bonds is 5. The number of benzene rings is 2. The molecule has 2 aromatic carbocycles. The number of anilines is 1. The molecule has 0 amide bonds. The normalized spacial score (nSPS) is 14.7. The van der Waals surface area contributed by atoms with E-state index < -0.39 is 0 Å². The Hall–Kier alpha value is -2.65. The Morgan fingerprint density at radius 2 is 1.59 bits per heavy atom. The third-order valence-corrected chi connectivity index (χ3v) is 6.25. The second-order valence-electron chi connectivity index (χ2n) is 8.26. The van der Waals surface area contributed by atoms with Crippen molar-refractivity contribution in [2.24, 2.45) is 0 Å². The number of para-hydroxylation sites is 1. The van der Waals surface area contributed by atoms with Gasteiger partial charge in [0, 0.05) is 36.2 Å². The summed E-state index contributed by atoms with van der Waals surface area (Å²) < 4.78 is 0. The largest absolute Gasteiger partial charge is 0.364 e. The van der Waals surface area contributed by atoms with Crippen molar-refractivity contribution in [1.82, 2.24) is 10.3 Å². The van der Waals surface area contributed by atoms with Gasteiger partial charge in [-0.25, -0.2) is 0 Å². The first-order valence-electron chi connectivity index (χ1n) is 10.7. The minimum absolute atomic E-state index is 0.561. The summed E-state index contributed by atoms with van der Waals surface area (Å²) in [4.78, 5) is 7.16. The maximum absolute atomic E-state index is 4.60. The summed E-state index contributed by atoms with van der Waals surface area (Å²) in [5, 5.41) is 3.49. The van der Waals surface area contributed by atoms with E-state index >= 15 is 0 Å². The molecule has 1 fully saturated rings. The van der Waals surface area contributed by atoms with Gasteiger partial charge >= 0.3 is 0 Å². The summed E-state index contributed by atoms with van der Waals surface area (Å²) in [6, 6.07) is 18.3. The summed E-state index contributed by atoms with van der Waals surface area (Å²) in [5.41, 5.74) is 9.07. The minimum atomic E-state index is 0.561. The van der Waals surface area contributed by atoms with Crippen molar-refractivity contribution in [1.29, 1.82) is 0 Å². The van der Waals surface area contributed by atoms with Crippen molar-refractivity contribution >= 4 is 5.69 Å². The number of piperidine rings is 1. The highest BCUT2D eigenvalue weighted by Crippen LogP contribution is 2.28. The summed E-state index contributed by atoms with van der Waals surface area (Å²) in [6.07, 6.45) is 6.37. The van der Waals surface area contributed by atoms with Crippen LogP contribution >= 0.6 is 0 Å². The predicted octanol–water partition coefficient (Wildman–Crippen LogP) is 5.43. The van der Waals surface area contributed by atoms with Crippen LogP contribution in [0.3, 0.4) is 0 Å². The zero-order valence-electron chi connectivity index (χ0n) is 17.8. The molecule has 1 aliphatic heterocycles. The van der Waals surface area contributed by atoms with E-state index in [9.17, 15) is 0 Å². The van der Waals surface area contributed by atoms with Gasteiger partial charge < -0.3 is 10.2 Å². The zero-order chi connectivity index (χ0) is 20.2. The lowest BCUT2D eigenvalue weighted by molar-refractivity contribution is 0.428. The second-order valence-corrected chi connectivity index (χ2v) is 8.26. The average molecular weight is 386 g/mol. The Kier molecular flexibility index (Phi) is 5.96. The third-order valence-electron chi connectivity index (χ3n) is 6.25. The molecule has 2 heterocycles. The molecule has 3 aromatic rings. The molecule has 29 heavy (non-hydrogen) atoms. The predicted molar refractivity (Wildman–Crippen MR) is 122 cm³/mol. The molecule has 0 bridgehead atoms. The van der Waals surface area contributed by atoms with Crippen molar-refractivity contribution in [3.8, 4) is 11.1 Å². The first-order valence-corrected chi connectivity index (χ1v) is 10.7. The number of hydrogen-bond acceptors (Lipinski definition) is 3. The molecular formula is C26H31N3. The van der Waals surface area contributed by atoms with Gasteiger partial charge in [0.25, 0.3) is 0 Å². The Morgan fingerprint density at radius 3 is 2.28 bits per heavy atom. The Morgan fingerprint density at radius 1 is 0.897 bits per heavy atom. The lowest BCUT2D eigenvalue weighted by Gasteiger charge is -2.36. The highest BCUT2D eigenvalue weighted by molar-refractivity contribution is 5.66.